The highest BCUT2D eigenvalue weighted by atomic mass is 16.5. The molecule has 3 N–H and O–H groups in total. The lowest BCUT2D eigenvalue weighted by molar-refractivity contribution is -0.137. The number of fused-ring (bicyclic) bond motifs is 3. The molecule has 2 unspecified atom stereocenters. The highest BCUT2D eigenvalue weighted by molar-refractivity contribution is 5.86. The second kappa shape index (κ2) is 11.4. The number of alkyl carbamates (subject to hydrolysis) is 1. The van der Waals surface area contributed by atoms with Crippen LogP contribution in [0.5, 0.6) is 0 Å². The standard InChI is InChI=1S/C28H34N2O5/c1-18(13-14-25(31)32)15-16-29-27(33)26(19-7-6-8-19)30-28(34)35-17-24-22-11-4-2-9-20(22)21-10-3-5-12-23(21)24/h2-5,9-12,18-19,24,26H,6-8,13-17H2,1H3,(H,29,33)(H,30,34)(H,31,32). The number of carbonyl (C=O) groups is 3. The Hall–Kier alpha value is -3.35. The highest BCUT2D eigenvalue weighted by Gasteiger charge is 2.35. The molecule has 1 fully saturated rings. The van der Waals surface area contributed by atoms with Gasteiger partial charge in [0.1, 0.15) is 12.6 Å². The Balaban J connectivity index is 1.31. The molecule has 35 heavy (non-hydrogen) atoms. The van der Waals surface area contributed by atoms with E-state index in [0.717, 1.165) is 30.4 Å². The summed E-state index contributed by atoms with van der Waals surface area (Å²) >= 11 is 0. The summed E-state index contributed by atoms with van der Waals surface area (Å²) in [5.74, 6) is -0.730. The molecular weight excluding hydrogens is 444 g/mol. The van der Waals surface area contributed by atoms with Crippen molar-refractivity contribution >= 4 is 18.0 Å². The van der Waals surface area contributed by atoms with Crippen molar-refractivity contribution in [1.82, 2.24) is 10.6 Å². The first-order valence-electron chi connectivity index (χ1n) is 12.5. The van der Waals surface area contributed by atoms with Crippen molar-refractivity contribution in [3.63, 3.8) is 0 Å². The molecule has 2 aliphatic carbocycles. The number of amides is 2. The van der Waals surface area contributed by atoms with E-state index in [2.05, 4.69) is 34.9 Å². The summed E-state index contributed by atoms with van der Waals surface area (Å²) < 4.78 is 5.65. The number of carboxylic acid groups (broad SMARTS) is 1. The average Bonchev–Trinajstić information content (AvgIpc) is 3.13. The zero-order valence-electron chi connectivity index (χ0n) is 20.2. The number of carbonyl (C=O) groups excluding carboxylic acids is 2. The molecule has 0 saturated heterocycles. The summed E-state index contributed by atoms with van der Waals surface area (Å²) in [6, 6.07) is 15.7. The smallest absolute Gasteiger partial charge is 0.407 e. The molecule has 0 aliphatic heterocycles. The fraction of sp³-hybridized carbons (Fsp3) is 0.464. The summed E-state index contributed by atoms with van der Waals surface area (Å²) in [5.41, 5.74) is 4.63. The minimum atomic E-state index is -0.807. The van der Waals surface area contributed by atoms with Gasteiger partial charge >= 0.3 is 12.1 Å². The normalized spacial score (nSPS) is 16.4. The molecule has 2 atom stereocenters. The van der Waals surface area contributed by atoms with Crippen LogP contribution in [0.25, 0.3) is 11.1 Å². The van der Waals surface area contributed by atoms with Crippen molar-refractivity contribution in [2.24, 2.45) is 11.8 Å². The van der Waals surface area contributed by atoms with Crippen molar-refractivity contribution in [3.05, 3.63) is 59.7 Å². The monoisotopic (exact) mass is 478 g/mol. The summed E-state index contributed by atoms with van der Waals surface area (Å²) in [6.45, 7) is 2.64. The van der Waals surface area contributed by atoms with Crippen LogP contribution in [0.3, 0.4) is 0 Å². The van der Waals surface area contributed by atoms with Gasteiger partial charge in [0.2, 0.25) is 5.91 Å². The minimum Gasteiger partial charge on any atom is -0.481 e. The van der Waals surface area contributed by atoms with E-state index in [9.17, 15) is 14.4 Å². The maximum Gasteiger partial charge on any atom is 0.407 e. The third-order valence-corrected chi connectivity index (χ3v) is 7.31. The minimum absolute atomic E-state index is 0.0311. The van der Waals surface area contributed by atoms with Gasteiger partial charge in [0.25, 0.3) is 0 Å². The third kappa shape index (κ3) is 6.02. The molecule has 0 aromatic heterocycles. The number of aliphatic carboxylic acids is 1. The van der Waals surface area contributed by atoms with Crippen LogP contribution < -0.4 is 10.6 Å². The van der Waals surface area contributed by atoms with Crippen LogP contribution in [0.15, 0.2) is 48.5 Å². The molecule has 0 heterocycles. The predicted molar refractivity (Wildman–Crippen MR) is 133 cm³/mol. The van der Waals surface area contributed by atoms with E-state index in [1.165, 1.54) is 11.1 Å². The zero-order chi connectivity index (χ0) is 24.8. The lowest BCUT2D eigenvalue weighted by Crippen LogP contribution is -2.53. The quantitative estimate of drug-likeness (QED) is 0.434. The molecule has 0 radical (unpaired) electrons. The summed E-state index contributed by atoms with van der Waals surface area (Å²) in [4.78, 5) is 36.3. The van der Waals surface area contributed by atoms with Crippen LogP contribution >= 0.6 is 0 Å². The number of rotatable bonds is 11. The van der Waals surface area contributed by atoms with E-state index in [1.807, 2.05) is 31.2 Å². The lowest BCUT2D eigenvalue weighted by atomic mass is 9.79. The Morgan fingerprint density at radius 2 is 1.63 bits per heavy atom. The first-order chi connectivity index (χ1) is 16.9. The molecule has 2 aromatic carbocycles. The Morgan fingerprint density at radius 3 is 2.20 bits per heavy atom. The van der Waals surface area contributed by atoms with Gasteiger partial charge in [-0.3, -0.25) is 9.59 Å². The maximum atomic E-state index is 12.9. The topological polar surface area (TPSA) is 105 Å². The number of hydrogen-bond acceptors (Lipinski definition) is 4. The average molecular weight is 479 g/mol. The van der Waals surface area contributed by atoms with Gasteiger partial charge in [0.05, 0.1) is 0 Å². The molecular formula is C28H34N2O5. The van der Waals surface area contributed by atoms with Gasteiger partial charge in [-0.25, -0.2) is 4.79 Å². The summed E-state index contributed by atoms with van der Waals surface area (Å²) in [6.07, 6.45) is 3.68. The van der Waals surface area contributed by atoms with Gasteiger partial charge < -0.3 is 20.5 Å². The Labute approximate surface area is 206 Å². The molecule has 2 amide bonds. The number of carboxylic acids is 1. The summed E-state index contributed by atoms with van der Waals surface area (Å²) in [5, 5.41) is 14.6. The van der Waals surface area contributed by atoms with Gasteiger partial charge in [0.15, 0.2) is 0 Å². The van der Waals surface area contributed by atoms with Gasteiger partial charge in [-0.1, -0.05) is 61.9 Å². The third-order valence-electron chi connectivity index (χ3n) is 7.31. The number of ether oxygens (including phenoxy) is 1. The van der Waals surface area contributed by atoms with Crippen molar-refractivity contribution in [3.8, 4) is 11.1 Å². The van der Waals surface area contributed by atoms with E-state index in [-0.39, 0.29) is 36.7 Å². The molecule has 186 valence electrons. The Kier molecular flexibility index (Phi) is 8.06. The van der Waals surface area contributed by atoms with Crippen LogP contribution in [0, 0.1) is 11.8 Å². The van der Waals surface area contributed by atoms with Crippen LogP contribution in [-0.4, -0.2) is 42.3 Å². The molecule has 7 nitrogen and oxygen atoms in total. The predicted octanol–water partition coefficient (Wildman–Crippen LogP) is 4.70. The second-order valence-electron chi connectivity index (χ2n) is 9.76. The first-order valence-corrected chi connectivity index (χ1v) is 12.5. The fourth-order valence-electron chi connectivity index (χ4n) is 5.00. The molecule has 4 rings (SSSR count). The Bertz CT molecular complexity index is 1020. The molecule has 7 heteroatoms. The molecule has 2 aromatic rings. The number of hydrogen-bond donors (Lipinski definition) is 3. The van der Waals surface area contributed by atoms with Crippen LogP contribution in [0.1, 0.15) is 62.5 Å². The van der Waals surface area contributed by atoms with Gasteiger partial charge in [-0.2, -0.15) is 0 Å². The SMILES string of the molecule is CC(CCNC(=O)C(NC(=O)OCC1c2ccccc2-c2ccccc21)C1CCC1)CCC(=O)O. The van der Waals surface area contributed by atoms with Crippen LogP contribution in [-0.2, 0) is 14.3 Å². The van der Waals surface area contributed by atoms with E-state index >= 15 is 0 Å². The van der Waals surface area contributed by atoms with Crippen molar-refractivity contribution < 1.29 is 24.2 Å². The van der Waals surface area contributed by atoms with Crippen LogP contribution in [0.2, 0.25) is 0 Å². The molecule has 0 spiro atoms. The zero-order valence-corrected chi connectivity index (χ0v) is 20.2. The van der Waals surface area contributed by atoms with E-state index in [0.29, 0.717) is 19.4 Å². The van der Waals surface area contributed by atoms with E-state index in [1.54, 1.807) is 0 Å². The van der Waals surface area contributed by atoms with Gasteiger partial charge in [-0.15, -0.1) is 0 Å². The van der Waals surface area contributed by atoms with E-state index in [4.69, 9.17) is 9.84 Å². The second-order valence-corrected chi connectivity index (χ2v) is 9.76. The first kappa shape index (κ1) is 24.8. The lowest BCUT2D eigenvalue weighted by Gasteiger charge is -2.33. The van der Waals surface area contributed by atoms with Crippen molar-refractivity contribution in [2.75, 3.05) is 13.2 Å². The fourth-order valence-corrected chi connectivity index (χ4v) is 5.00. The molecule has 1 saturated carbocycles. The highest BCUT2D eigenvalue weighted by Crippen LogP contribution is 2.44. The number of nitrogens with one attached hydrogen (secondary N) is 2. The van der Waals surface area contributed by atoms with Crippen molar-refractivity contribution in [1.29, 1.82) is 0 Å². The molecule has 0 bridgehead atoms. The van der Waals surface area contributed by atoms with Crippen LogP contribution in [0.4, 0.5) is 4.79 Å². The summed E-state index contributed by atoms with van der Waals surface area (Å²) in [7, 11) is 0. The van der Waals surface area contributed by atoms with Gasteiger partial charge in [0, 0.05) is 18.9 Å². The van der Waals surface area contributed by atoms with Crippen molar-refractivity contribution in [2.45, 2.75) is 57.4 Å². The Morgan fingerprint density at radius 1 is 1.00 bits per heavy atom. The largest absolute Gasteiger partial charge is 0.481 e. The van der Waals surface area contributed by atoms with Gasteiger partial charge in [-0.05, 0) is 59.8 Å². The number of benzene rings is 2. The molecule has 2 aliphatic rings. The maximum absolute atomic E-state index is 12.9. The van der Waals surface area contributed by atoms with E-state index < -0.39 is 18.1 Å².